The van der Waals surface area contributed by atoms with Crippen molar-refractivity contribution in [2.75, 3.05) is 39.9 Å². The summed E-state index contributed by atoms with van der Waals surface area (Å²) in [5, 5.41) is 3.49. The van der Waals surface area contributed by atoms with Gasteiger partial charge >= 0.3 is 0 Å². The maximum atomic E-state index is 5.43. The number of hydrogen-bond donors (Lipinski definition) is 1. The van der Waals surface area contributed by atoms with Gasteiger partial charge in [-0.2, -0.15) is 0 Å². The zero-order valence-corrected chi connectivity index (χ0v) is 10.7. The van der Waals surface area contributed by atoms with Crippen molar-refractivity contribution < 1.29 is 4.74 Å². The van der Waals surface area contributed by atoms with Gasteiger partial charge in [-0.3, -0.25) is 0 Å². The van der Waals surface area contributed by atoms with E-state index in [2.05, 4.69) is 38.0 Å². The van der Waals surface area contributed by atoms with Crippen molar-refractivity contribution in [2.45, 2.75) is 33.2 Å². The summed E-state index contributed by atoms with van der Waals surface area (Å²) < 4.78 is 5.43. The van der Waals surface area contributed by atoms with Crippen molar-refractivity contribution in [3.05, 3.63) is 0 Å². The highest BCUT2D eigenvalue weighted by Gasteiger charge is 2.16. The van der Waals surface area contributed by atoms with E-state index in [9.17, 15) is 0 Å². The predicted molar refractivity (Wildman–Crippen MR) is 64.2 cm³/mol. The van der Waals surface area contributed by atoms with E-state index in [1.54, 1.807) is 0 Å². The molecule has 1 aliphatic heterocycles. The van der Waals surface area contributed by atoms with E-state index in [4.69, 9.17) is 4.74 Å². The van der Waals surface area contributed by atoms with Gasteiger partial charge in [0.15, 0.2) is 0 Å². The highest BCUT2D eigenvalue weighted by molar-refractivity contribution is 4.73. The second-order valence-electron chi connectivity index (χ2n) is 5.81. The van der Waals surface area contributed by atoms with Crippen molar-refractivity contribution in [3.63, 3.8) is 0 Å². The molecule has 90 valence electrons. The summed E-state index contributed by atoms with van der Waals surface area (Å²) in [7, 11) is 2.20. The number of nitrogens with one attached hydrogen (secondary N) is 1. The summed E-state index contributed by atoms with van der Waals surface area (Å²) in [5.41, 5.74) is 0.394. The summed E-state index contributed by atoms with van der Waals surface area (Å²) in [5.74, 6) is 0. The molecular weight excluding hydrogens is 188 g/mol. The maximum Gasteiger partial charge on any atom is 0.0620 e. The average molecular weight is 214 g/mol. The molecule has 1 atom stereocenters. The number of hydrogen-bond acceptors (Lipinski definition) is 3. The molecule has 0 aromatic carbocycles. The molecule has 1 fully saturated rings. The lowest BCUT2D eigenvalue weighted by Gasteiger charge is -2.29. The van der Waals surface area contributed by atoms with E-state index < -0.39 is 0 Å². The van der Waals surface area contributed by atoms with Crippen LogP contribution in [-0.2, 0) is 4.74 Å². The Morgan fingerprint density at radius 2 is 2.13 bits per heavy atom. The number of ether oxygens (including phenoxy) is 1. The third-order valence-corrected chi connectivity index (χ3v) is 2.60. The molecule has 0 aromatic rings. The Kier molecular flexibility index (Phi) is 5.03. The number of rotatable bonds is 4. The van der Waals surface area contributed by atoms with Crippen LogP contribution in [0.3, 0.4) is 0 Å². The third-order valence-electron chi connectivity index (χ3n) is 2.60. The number of morpholine rings is 1. The molecular formula is C12H26N2O. The largest absolute Gasteiger partial charge is 0.379 e. The van der Waals surface area contributed by atoms with E-state index >= 15 is 0 Å². The van der Waals surface area contributed by atoms with Gasteiger partial charge in [0.25, 0.3) is 0 Å². The minimum Gasteiger partial charge on any atom is -0.379 e. The first-order valence-corrected chi connectivity index (χ1v) is 5.97. The normalized spacial score (nSPS) is 23.4. The summed E-state index contributed by atoms with van der Waals surface area (Å²) in [4.78, 5) is 2.41. The Morgan fingerprint density at radius 1 is 1.40 bits per heavy atom. The second kappa shape index (κ2) is 5.83. The quantitative estimate of drug-likeness (QED) is 0.764. The highest BCUT2D eigenvalue weighted by Crippen LogP contribution is 2.14. The fraction of sp³-hybridized carbons (Fsp3) is 1.00. The van der Waals surface area contributed by atoms with E-state index in [1.807, 2.05) is 0 Å². The van der Waals surface area contributed by atoms with Crippen LogP contribution in [-0.4, -0.2) is 50.8 Å². The monoisotopic (exact) mass is 214 g/mol. The van der Waals surface area contributed by atoms with Gasteiger partial charge in [-0.25, -0.2) is 0 Å². The first-order chi connectivity index (χ1) is 6.97. The first kappa shape index (κ1) is 12.9. The van der Waals surface area contributed by atoms with Crippen LogP contribution in [0.4, 0.5) is 0 Å². The van der Waals surface area contributed by atoms with E-state index in [0.717, 1.165) is 32.8 Å². The van der Waals surface area contributed by atoms with Crippen LogP contribution in [0.25, 0.3) is 0 Å². The zero-order chi connectivity index (χ0) is 11.3. The van der Waals surface area contributed by atoms with Crippen LogP contribution in [0.2, 0.25) is 0 Å². The van der Waals surface area contributed by atoms with Crippen molar-refractivity contribution in [1.82, 2.24) is 10.2 Å². The van der Waals surface area contributed by atoms with Crippen molar-refractivity contribution in [3.8, 4) is 0 Å². The van der Waals surface area contributed by atoms with Crippen molar-refractivity contribution in [2.24, 2.45) is 5.41 Å². The van der Waals surface area contributed by atoms with Gasteiger partial charge in [-0.15, -0.1) is 0 Å². The van der Waals surface area contributed by atoms with Crippen molar-refractivity contribution >= 4 is 0 Å². The Bertz CT molecular complexity index is 171. The molecule has 1 N–H and O–H groups in total. The Morgan fingerprint density at radius 3 is 2.67 bits per heavy atom. The van der Waals surface area contributed by atoms with E-state index in [-0.39, 0.29) is 0 Å². The average Bonchev–Trinajstić information content (AvgIpc) is 2.14. The summed E-state index contributed by atoms with van der Waals surface area (Å²) in [6.07, 6.45) is 1.19. The van der Waals surface area contributed by atoms with Gasteiger partial charge in [0, 0.05) is 19.1 Å². The van der Waals surface area contributed by atoms with Gasteiger partial charge < -0.3 is 15.0 Å². The van der Waals surface area contributed by atoms with Gasteiger partial charge in [0.2, 0.25) is 0 Å². The molecule has 1 unspecified atom stereocenters. The lowest BCUT2D eigenvalue weighted by atomic mass is 9.96. The molecule has 0 aromatic heterocycles. The molecule has 0 aliphatic carbocycles. The molecule has 3 nitrogen and oxygen atoms in total. The Hall–Kier alpha value is -0.120. The molecule has 1 heterocycles. The molecule has 0 amide bonds. The molecule has 1 rings (SSSR count). The molecule has 0 spiro atoms. The molecule has 0 bridgehead atoms. The lowest BCUT2D eigenvalue weighted by Crippen LogP contribution is -2.43. The molecule has 1 saturated heterocycles. The van der Waals surface area contributed by atoms with Crippen LogP contribution >= 0.6 is 0 Å². The summed E-state index contributed by atoms with van der Waals surface area (Å²) in [6.45, 7) is 11.9. The second-order valence-corrected chi connectivity index (χ2v) is 5.81. The maximum absolute atomic E-state index is 5.43. The zero-order valence-electron chi connectivity index (χ0n) is 10.7. The highest BCUT2D eigenvalue weighted by atomic mass is 16.5. The Balaban J connectivity index is 2.12. The minimum absolute atomic E-state index is 0.394. The lowest BCUT2D eigenvalue weighted by molar-refractivity contribution is 0.0697. The Labute approximate surface area is 94.2 Å². The van der Waals surface area contributed by atoms with Crippen LogP contribution < -0.4 is 5.32 Å². The van der Waals surface area contributed by atoms with E-state index in [0.29, 0.717) is 11.5 Å². The molecule has 0 saturated carbocycles. The van der Waals surface area contributed by atoms with Gasteiger partial charge in [-0.05, 0) is 25.4 Å². The molecule has 3 heteroatoms. The van der Waals surface area contributed by atoms with Gasteiger partial charge in [0.05, 0.1) is 13.2 Å². The van der Waals surface area contributed by atoms with Crippen LogP contribution in [0, 0.1) is 5.41 Å². The third kappa shape index (κ3) is 6.13. The van der Waals surface area contributed by atoms with Gasteiger partial charge in [0.1, 0.15) is 0 Å². The minimum atomic E-state index is 0.394. The fourth-order valence-electron chi connectivity index (χ4n) is 2.07. The topological polar surface area (TPSA) is 24.5 Å². The smallest absolute Gasteiger partial charge is 0.0620 e. The summed E-state index contributed by atoms with van der Waals surface area (Å²) >= 11 is 0. The summed E-state index contributed by atoms with van der Waals surface area (Å²) in [6, 6.07) is 0.557. The predicted octanol–water partition coefficient (Wildman–Crippen LogP) is 1.34. The molecule has 1 aliphatic rings. The van der Waals surface area contributed by atoms with E-state index in [1.165, 1.54) is 6.42 Å². The van der Waals surface area contributed by atoms with Gasteiger partial charge in [-0.1, -0.05) is 20.8 Å². The molecule has 15 heavy (non-hydrogen) atoms. The fourth-order valence-corrected chi connectivity index (χ4v) is 2.07. The number of nitrogens with zero attached hydrogens (tertiary/aromatic N) is 1. The molecule has 0 radical (unpaired) electrons. The van der Waals surface area contributed by atoms with Crippen LogP contribution in [0.1, 0.15) is 27.2 Å². The van der Waals surface area contributed by atoms with Crippen LogP contribution in [0.5, 0.6) is 0 Å². The first-order valence-electron chi connectivity index (χ1n) is 5.97. The van der Waals surface area contributed by atoms with Crippen molar-refractivity contribution in [1.29, 1.82) is 0 Å². The standard InChI is InChI=1S/C12H26N2O/c1-12(2,3)10-14(4)7-5-11-9-15-8-6-13-11/h11,13H,5-10H2,1-4H3. The SMILES string of the molecule is CN(CCC1COCCN1)CC(C)(C)C. The van der Waals surface area contributed by atoms with Crippen LogP contribution in [0.15, 0.2) is 0 Å².